The molecule has 23 heavy (non-hydrogen) atoms. The standard InChI is InChI=1S/C19H23NO3/c1-14(2)10-20-11-16-8-18-19(23-13-22-18)9-17(16)21-12-15-6-4-3-5-7-15/h3-9,14,20H,10-13H2,1-2H3. The van der Waals surface area contributed by atoms with Crippen molar-refractivity contribution in [3.63, 3.8) is 0 Å². The molecule has 0 radical (unpaired) electrons. The summed E-state index contributed by atoms with van der Waals surface area (Å²) >= 11 is 0. The number of nitrogens with one attached hydrogen (secondary N) is 1. The van der Waals surface area contributed by atoms with Crippen LogP contribution in [0.4, 0.5) is 0 Å². The molecule has 0 atom stereocenters. The Labute approximate surface area is 137 Å². The summed E-state index contributed by atoms with van der Waals surface area (Å²) in [6.07, 6.45) is 0. The maximum Gasteiger partial charge on any atom is 0.231 e. The third-order valence-electron chi connectivity index (χ3n) is 3.66. The van der Waals surface area contributed by atoms with E-state index in [-0.39, 0.29) is 6.79 Å². The third kappa shape index (κ3) is 4.17. The fourth-order valence-corrected chi connectivity index (χ4v) is 2.47. The zero-order chi connectivity index (χ0) is 16.1. The molecule has 2 aromatic carbocycles. The van der Waals surface area contributed by atoms with E-state index in [4.69, 9.17) is 14.2 Å². The molecule has 0 aliphatic carbocycles. The average Bonchev–Trinajstić information content (AvgIpc) is 3.00. The average molecular weight is 313 g/mol. The highest BCUT2D eigenvalue weighted by Crippen LogP contribution is 2.38. The molecule has 0 spiro atoms. The van der Waals surface area contributed by atoms with E-state index < -0.39 is 0 Å². The Balaban J connectivity index is 1.73. The van der Waals surface area contributed by atoms with Crippen molar-refractivity contribution in [3.8, 4) is 17.2 Å². The van der Waals surface area contributed by atoms with Crippen molar-refractivity contribution >= 4 is 0 Å². The summed E-state index contributed by atoms with van der Waals surface area (Å²) in [4.78, 5) is 0. The molecule has 1 heterocycles. The van der Waals surface area contributed by atoms with Crippen LogP contribution in [0, 0.1) is 5.92 Å². The van der Waals surface area contributed by atoms with Gasteiger partial charge < -0.3 is 19.5 Å². The van der Waals surface area contributed by atoms with Crippen molar-refractivity contribution in [2.45, 2.75) is 27.0 Å². The molecule has 0 aromatic heterocycles. The van der Waals surface area contributed by atoms with Gasteiger partial charge in [-0.25, -0.2) is 0 Å². The number of ether oxygens (including phenoxy) is 3. The molecule has 4 nitrogen and oxygen atoms in total. The van der Waals surface area contributed by atoms with Gasteiger partial charge in [0.1, 0.15) is 12.4 Å². The summed E-state index contributed by atoms with van der Waals surface area (Å²) in [5, 5.41) is 3.45. The molecule has 3 rings (SSSR count). The molecule has 0 fully saturated rings. The van der Waals surface area contributed by atoms with Gasteiger partial charge in [0.15, 0.2) is 11.5 Å². The fraction of sp³-hybridized carbons (Fsp3) is 0.368. The van der Waals surface area contributed by atoms with Crippen molar-refractivity contribution in [1.29, 1.82) is 0 Å². The van der Waals surface area contributed by atoms with Crippen LogP contribution in [-0.4, -0.2) is 13.3 Å². The molecule has 122 valence electrons. The van der Waals surface area contributed by atoms with E-state index in [2.05, 4.69) is 31.3 Å². The summed E-state index contributed by atoms with van der Waals surface area (Å²) in [7, 11) is 0. The smallest absolute Gasteiger partial charge is 0.231 e. The van der Waals surface area contributed by atoms with Crippen molar-refractivity contribution in [3.05, 3.63) is 53.6 Å². The largest absolute Gasteiger partial charge is 0.488 e. The van der Waals surface area contributed by atoms with Gasteiger partial charge in [0.25, 0.3) is 0 Å². The number of hydrogen-bond donors (Lipinski definition) is 1. The van der Waals surface area contributed by atoms with E-state index in [0.29, 0.717) is 12.5 Å². The maximum atomic E-state index is 6.03. The fourth-order valence-electron chi connectivity index (χ4n) is 2.47. The van der Waals surface area contributed by atoms with Crippen LogP contribution in [0.2, 0.25) is 0 Å². The Morgan fingerprint density at radius 2 is 1.83 bits per heavy atom. The van der Waals surface area contributed by atoms with Crippen LogP contribution in [-0.2, 0) is 13.2 Å². The number of fused-ring (bicyclic) bond motifs is 1. The lowest BCUT2D eigenvalue weighted by molar-refractivity contribution is 0.173. The van der Waals surface area contributed by atoms with Crippen LogP contribution in [0.15, 0.2) is 42.5 Å². The lowest BCUT2D eigenvalue weighted by atomic mass is 10.1. The first-order chi connectivity index (χ1) is 11.2. The van der Waals surface area contributed by atoms with Gasteiger partial charge in [0.2, 0.25) is 6.79 Å². The summed E-state index contributed by atoms with van der Waals surface area (Å²) in [5.41, 5.74) is 2.23. The number of hydrogen-bond acceptors (Lipinski definition) is 4. The van der Waals surface area contributed by atoms with Crippen molar-refractivity contribution in [2.75, 3.05) is 13.3 Å². The monoisotopic (exact) mass is 313 g/mol. The van der Waals surface area contributed by atoms with Crippen LogP contribution in [0.25, 0.3) is 0 Å². The molecule has 4 heteroatoms. The zero-order valence-electron chi connectivity index (χ0n) is 13.7. The van der Waals surface area contributed by atoms with Crippen LogP contribution in [0.3, 0.4) is 0 Å². The second-order valence-corrected chi connectivity index (χ2v) is 6.11. The van der Waals surface area contributed by atoms with E-state index in [9.17, 15) is 0 Å². The Morgan fingerprint density at radius 1 is 1.09 bits per heavy atom. The first-order valence-electron chi connectivity index (χ1n) is 8.02. The minimum Gasteiger partial charge on any atom is -0.488 e. The summed E-state index contributed by atoms with van der Waals surface area (Å²) in [5.74, 6) is 2.99. The second-order valence-electron chi connectivity index (χ2n) is 6.11. The van der Waals surface area contributed by atoms with Gasteiger partial charge in [-0.3, -0.25) is 0 Å². The Bertz CT molecular complexity index is 641. The van der Waals surface area contributed by atoms with E-state index >= 15 is 0 Å². The Kier molecular flexibility index (Phi) is 5.03. The Hall–Kier alpha value is -2.20. The summed E-state index contributed by atoms with van der Waals surface area (Å²) in [6, 6.07) is 14.1. The predicted molar refractivity (Wildman–Crippen MR) is 89.9 cm³/mol. The topological polar surface area (TPSA) is 39.7 Å². The second kappa shape index (κ2) is 7.38. The SMILES string of the molecule is CC(C)CNCc1cc2c(cc1OCc1ccccc1)OCO2. The van der Waals surface area contributed by atoms with E-state index in [1.54, 1.807) is 0 Å². The van der Waals surface area contributed by atoms with Gasteiger partial charge in [0, 0.05) is 18.2 Å². The van der Waals surface area contributed by atoms with Crippen molar-refractivity contribution in [2.24, 2.45) is 5.92 Å². The normalized spacial score (nSPS) is 12.7. The van der Waals surface area contributed by atoms with Gasteiger partial charge in [-0.2, -0.15) is 0 Å². The molecule has 0 unspecified atom stereocenters. The zero-order valence-corrected chi connectivity index (χ0v) is 13.7. The molecule has 0 saturated carbocycles. The van der Waals surface area contributed by atoms with Crippen LogP contribution in [0.1, 0.15) is 25.0 Å². The quantitative estimate of drug-likeness (QED) is 0.845. The minimum atomic E-state index is 0.274. The first-order valence-corrected chi connectivity index (χ1v) is 8.02. The molecular formula is C19H23NO3. The highest BCUT2D eigenvalue weighted by molar-refractivity contribution is 5.51. The van der Waals surface area contributed by atoms with Crippen LogP contribution in [0.5, 0.6) is 17.2 Å². The molecular weight excluding hydrogens is 290 g/mol. The highest BCUT2D eigenvalue weighted by Gasteiger charge is 2.18. The summed E-state index contributed by atoms with van der Waals surface area (Å²) < 4.78 is 17.0. The lowest BCUT2D eigenvalue weighted by Gasteiger charge is -2.14. The number of rotatable bonds is 7. The maximum absolute atomic E-state index is 6.03. The lowest BCUT2D eigenvalue weighted by Crippen LogP contribution is -2.19. The third-order valence-corrected chi connectivity index (χ3v) is 3.66. The highest BCUT2D eigenvalue weighted by atomic mass is 16.7. The molecule has 2 aromatic rings. The molecule has 1 N–H and O–H groups in total. The van der Waals surface area contributed by atoms with Gasteiger partial charge in [-0.05, 0) is 24.1 Å². The van der Waals surface area contributed by atoms with Crippen LogP contribution < -0.4 is 19.5 Å². The van der Waals surface area contributed by atoms with E-state index in [1.807, 2.05) is 30.3 Å². The minimum absolute atomic E-state index is 0.274. The first kappa shape index (κ1) is 15.7. The van der Waals surface area contributed by atoms with E-state index in [0.717, 1.165) is 41.5 Å². The molecule has 1 aliphatic rings. The molecule has 0 amide bonds. The Morgan fingerprint density at radius 3 is 2.57 bits per heavy atom. The van der Waals surface area contributed by atoms with Gasteiger partial charge in [-0.15, -0.1) is 0 Å². The molecule has 1 aliphatic heterocycles. The van der Waals surface area contributed by atoms with E-state index in [1.165, 1.54) is 0 Å². The number of benzene rings is 2. The molecule has 0 bridgehead atoms. The van der Waals surface area contributed by atoms with Gasteiger partial charge in [0.05, 0.1) is 0 Å². The van der Waals surface area contributed by atoms with Crippen molar-refractivity contribution in [1.82, 2.24) is 5.32 Å². The van der Waals surface area contributed by atoms with Crippen molar-refractivity contribution < 1.29 is 14.2 Å². The van der Waals surface area contributed by atoms with Gasteiger partial charge >= 0.3 is 0 Å². The molecule has 0 saturated heterocycles. The van der Waals surface area contributed by atoms with Gasteiger partial charge in [-0.1, -0.05) is 44.2 Å². The predicted octanol–water partition coefficient (Wildman–Crippen LogP) is 3.74. The summed E-state index contributed by atoms with van der Waals surface area (Å²) in [6.45, 7) is 6.92. The van der Waals surface area contributed by atoms with Crippen LogP contribution >= 0.6 is 0 Å².